The van der Waals surface area contributed by atoms with Gasteiger partial charge in [-0.05, 0) is 67.3 Å². The fourth-order valence-electron chi connectivity index (χ4n) is 3.08. The Morgan fingerprint density at radius 2 is 1.41 bits per heavy atom. The molecule has 0 N–H and O–H groups in total. The lowest BCUT2D eigenvalue weighted by Gasteiger charge is -2.29. The summed E-state index contributed by atoms with van der Waals surface area (Å²) in [7, 11) is -2.28. The fraction of sp³-hybridized carbons (Fsp3) is 0.333. The Balaban J connectivity index is 1.68. The third-order valence-corrected chi connectivity index (χ3v) is 6.87. The number of hydrogen-bond acceptors (Lipinski definition) is 6. The highest BCUT2D eigenvalue weighted by atomic mass is 32.2. The van der Waals surface area contributed by atoms with Crippen LogP contribution in [0, 0.1) is 5.92 Å². The van der Waals surface area contributed by atoms with E-state index in [1.165, 1.54) is 59.9 Å². The number of sulfonamides is 1. The first-order valence-corrected chi connectivity index (χ1v) is 10.8. The van der Waals surface area contributed by atoms with Gasteiger partial charge in [-0.15, -0.1) is 0 Å². The Morgan fingerprint density at radius 1 is 0.897 bits per heavy atom. The van der Waals surface area contributed by atoms with Crippen molar-refractivity contribution in [2.75, 3.05) is 20.2 Å². The molecule has 8 heteroatoms. The predicted octanol–water partition coefficient (Wildman–Crippen LogP) is 3.11. The third-order valence-electron chi connectivity index (χ3n) is 4.96. The summed E-state index contributed by atoms with van der Waals surface area (Å²) in [4.78, 5) is 23.9. The van der Waals surface area contributed by atoms with Gasteiger partial charge in [-0.1, -0.05) is 6.92 Å². The van der Waals surface area contributed by atoms with Crippen molar-refractivity contribution in [3.8, 4) is 5.75 Å². The first-order chi connectivity index (χ1) is 13.8. The molecular formula is C21H23NO6S. The standard InChI is InChI=1S/C21H23NO6S/c1-15-11-13-22(14-12-15)29(25,26)19-9-5-17(6-10-19)21(24)28-18-7-3-16(4-8-18)20(23)27-2/h3-10,15H,11-14H2,1-2H3. The van der Waals surface area contributed by atoms with E-state index in [2.05, 4.69) is 11.7 Å². The quantitative estimate of drug-likeness (QED) is 0.549. The zero-order valence-electron chi connectivity index (χ0n) is 16.3. The number of benzene rings is 2. The minimum Gasteiger partial charge on any atom is -0.465 e. The monoisotopic (exact) mass is 417 g/mol. The van der Waals surface area contributed by atoms with Crippen molar-refractivity contribution in [2.24, 2.45) is 5.92 Å². The van der Waals surface area contributed by atoms with Crippen LogP contribution in [0.3, 0.4) is 0 Å². The molecular weight excluding hydrogens is 394 g/mol. The van der Waals surface area contributed by atoms with E-state index in [4.69, 9.17) is 4.74 Å². The normalized spacial score (nSPS) is 15.7. The largest absolute Gasteiger partial charge is 0.465 e. The van der Waals surface area contributed by atoms with Crippen molar-refractivity contribution in [3.05, 3.63) is 59.7 Å². The van der Waals surface area contributed by atoms with Crippen LogP contribution in [-0.2, 0) is 14.8 Å². The number of carbonyl (C=O) groups excluding carboxylic acids is 2. The number of carbonyl (C=O) groups is 2. The van der Waals surface area contributed by atoms with Crippen LogP contribution in [0.15, 0.2) is 53.4 Å². The molecule has 0 saturated carbocycles. The van der Waals surface area contributed by atoms with Crippen molar-refractivity contribution in [1.29, 1.82) is 0 Å². The lowest BCUT2D eigenvalue weighted by atomic mass is 10.0. The van der Waals surface area contributed by atoms with Gasteiger partial charge in [0.25, 0.3) is 0 Å². The maximum Gasteiger partial charge on any atom is 0.343 e. The van der Waals surface area contributed by atoms with E-state index in [-0.39, 0.29) is 16.2 Å². The van der Waals surface area contributed by atoms with E-state index in [1.54, 1.807) is 0 Å². The van der Waals surface area contributed by atoms with Crippen LogP contribution in [0.5, 0.6) is 5.75 Å². The fourth-order valence-corrected chi connectivity index (χ4v) is 4.55. The van der Waals surface area contributed by atoms with Crippen molar-refractivity contribution in [1.82, 2.24) is 4.31 Å². The molecule has 2 aromatic rings. The van der Waals surface area contributed by atoms with Gasteiger partial charge in [0.15, 0.2) is 0 Å². The van der Waals surface area contributed by atoms with Gasteiger partial charge in [-0.25, -0.2) is 18.0 Å². The molecule has 154 valence electrons. The molecule has 0 radical (unpaired) electrons. The number of ether oxygens (including phenoxy) is 2. The predicted molar refractivity (Wildman–Crippen MR) is 106 cm³/mol. The Hall–Kier alpha value is -2.71. The first kappa shape index (κ1) is 21.0. The summed E-state index contributed by atoms with van der Waals surface area (Å²) in [6.07, 6.45) is 1.69. The minimum atomic E-state index is -3.56. The van der Waals surface area contributed by atoms with E-state index >= 15 is 0 Å². The summed E-state index contributed by atoms with van der Waals surface area (Å²) < 4.78 is 36.9. The van der Waals surface area contributed by atoms with Gasteiger partial charge in [0.2, 0.25) is 10.0 Å². The smallest absolute Gasteiger partial charge is 0.343 e. The minimum absolute atomic E-state index is 0.158. The second-order valence-electron chi connectivity index (χ2n) is 7.02. The maximum atomic E-state index is 12.7. The number of hydrogen-bond donors (Lipinski definition) is 0. The van der Waals surface area contributed by atoms with Gasteiger partial charge in [0.05, 0.1) is 23.1 Å². The first-order valence-electron chi connectivity index (χ1n) is 9.32. The van der Waals surface area contributed by atoms with Crippen LogP contribution >= 0.6 is 0 Å². The molecule has 1 saturated heterocycles. The Morgan fingerprint density at radius 3 is 1.97 bits per heavy atom. The Labute approximate surface area is 170 Å². The van der Waals surface area contributed by atoms with E-state index in [9.17, 15) is 18.0 Å². The van der Waals surface area contributed by atoms with Gasteiger partial charge in [-0.2, -0.15) is 4.31 Å². The van der Waals surface area contributed by atoms with Crippen molar-refractivity contribution in [3.63, 3.8) is 0 Å². The van der Waals surface area contributed by atoms with Crippen LogP contribution in [0.2, 0.25) is 0 Å². The topological polar surface area (TPSA) is 90.0 Å². The lowest BCUT2D eigenvalue weighted by Crippen LogP contribution is -2.37. The molecule has 1 fully saturated rings. The number of nitrogens with zero attached hydrogens (tertiary/aromatic N) is 1. The summed E-state index contributed by atoms with van der Waals surface area (Å²) in [5.41, 5.74) is 0.572. The second-order valence-corrected chi connectivity index (χ2v) is 8.95. The highest BCUT2D eigenvalue weighted by molar-refractivity contribution is 7.89. The average Bonchev–Trinajstić information content (AvgIpc) is 2.74. The second kappa shape index (κ2) is 8.75. The van der Waals surface area contributed by atoms with E-state index in [0.29, 0.717) is 24.6 Å². The molecule has 1 heterocycles. The van der Waals surface area contributed by atoms with Crippen LogP contribution in [0.1, 0.15) is 40.5 Å². The summed E-state index contributed by atoms with van der Waals surface area (Å²) >= 11 is 0. The van der Waals surface area contributed by atoms with Crippen molar-refractivity contribution in [2.45, 2.75) is 24.7 Å². The van der Waals surface area contributed by atoms with Gasteiger partial charge < -0.3 is 9.47 Å². The number of esters is 2. The van der Waals surface area contributed by atoms with E-state index < -0.39 is 22.0 Å². The molecule has 1 aliphatic rings. The van der Waals surface area contributed by atoms with Gasteiger partial charge in [0, 0.05) is 13.1 Å². The summed E-state index contributed by atoms with van der Waals surface area (Å²) in [6.45, 7) is 3.14. The average molecular weight is 417 g/mol. The molecule has 3 rings (SSSR count). The lowest BCUT2D eigenvalue weighted by molar-refractivity contribution is 0.0600. The third kappa shape index (κ3) is 4.83. The highest BCUT2D eigenvalue weighted by Gasteiger charge is 2.28. The maximum absolute atomic E-state index is 12.7. The Bertz CT molecular complexity index is 975. The van der Waals surface area contributed by atoms with Crippen molar-refractivity contribution >= 4 is 22.0 Å². The van der Waals surface area contributed by atoms with Crippen molar-refractivity contribution < 1.29 is 27.5 Å². The zero-order valence-corrected chi connectivity index (χ0v) is 17.1. The molecule has 0 aliphatic carbocycles. The van der Waals surface area contributed by atoms with Crippen LogP contribution in [0.25, 0.3) is 0 Å². The number of piperidine rings is 1. The molecule has 0 amide bonds. The van der Waals surface area contributed by atoms with Gasteiger partial charge >= 0.3 is 11.9 Å². The van der Waals surface area contributed by atoms with E-state index in [0.717, 1.165) is 12.8 Å². The summed E-state index contributed by atoms with van der Waals surface area (Å²) in [6, 6.07) is 11.7. The Kier molecular flexibility index (Phi) is 6.34. The van der Waals surface area contributed by atoms with E-state index in [1.807, 2.05) is 0 Å². The SMILES string of the molecule is COC(=O)c1ccc(OC(=O)c2ccc(S(=O)(=O)N3CCC(C)CC3)cc2)cc1. The zero-order chi connectivity index (χ0) is 21.0. The van der Waals surface area contributed by atoms with Crippen LogP contribution < -0.4 is 4.74 Å². The molecule has 7 nitrogen and oxygen atoms in total. The molecule has 1 aliphatic heterocycles. The van der Waals surface area contributed by atoms with Crippen LogP contribution in [0.4, 0.5) is 0 Å². The number of rotatable bonds is 5. The molecule has 0 spiro atoms. The molecule has 29 heavy (non-hydrogen) atoms. The molecule has 0 unspecified atom stereocenters. The van der Waals surface area contributed by atoms with Gasteiger partial charge in [0.1, 0.15) is 5.75 Å². The molecule has 0 atom stereocenters. The molecule has 0 bridgehead atoms. The van der Waals surface area contributed by atoms with Crippen LogP contribution in [-0.4, -0.2) is 44.9 Å². The molecule has 2 aromatic carbocycles. The number of methoxy groups -OCH3 is 1. The summed E-state index contributed by atoms with van der Waals surface area (Å²) in [5, 5.41) is 0. The molecule has 0 aromatic heterocycles. The summed E-state index contributed by atoms with van der Waals surface area (Å²) in [5.74, 6) is -0.309. The van der Waals surface area contributed by atoms with Gasteiger partial charge in [-0.3, -0.25) is 0 Å². The highest BCUT2D eigenvalue weighted by Crippen LogP contribution is 2.24.